The van der Waals surface area contributed by atoms with E-state index in [1.165, 1.54) is 10.5 Å². The molecule has 0 aromatic heterocycles. The highest BCUT2D eigenvalue weighted by Gasteiger charge is 2.22. The van der Waals surface area contributed by atoms with E-state index in [0.29, 0.717) is 0 Å². The largest absolute Gasteiger partial charge is 0.409 e. The van der Waals surface area contributed by atoms with Crippen LogP contribution in [-0.2, 0) is 11.2 Å². The summed E-state index contributed by atoms with van der Waals surface area (Å²) in [6, 6.07) is 7.73. The summed E-state index contributed by atoms with van der Waals surface area (Å²) in [5.74, 6) is -0.947. The van der Waals surface area contributed by atoms with E-state index in [-0.39, 0.29) is 11.7 Å². The molecule has 0 aliphatic rings. The second-order valence-corrected chi connectivity index (χ2v) is 4.16. The summed E-state index contributed by atoms with van der Waals surface area (Å²) in [7, 11) is 1.67. The van der Waals surface area contributed by atoms with Crippen LogP contribution in [0, 0.1) is 5.92 Å². The first-order valence-electron chi connectivity index (χ1n) is 5.85. The molecule has 0 aliphatic carbocycles. The van der Waals surface area contributed by atoms with Gasteiger partial charge in [-0.1, -0.05) is 24.2 Å². The Kier molecular flexibility index (Phi) is 4.71. The van der Waals surface area contributed by atoms with Gasteiger partial charge in [-0.05, 0) is 31.0 Å². The number of carbonyl (C=O) groups excluding carboxylic acids is 1. The molecule has 0 aliphatic heterocycles. The predicted octanol–water partition coefficient (Wildman–Crippen LogP) is 1.59. The third-order valence-electron chi connectivity index (χ3n) is 2.99. The zero-order valence-electron chi connectivity index (χ0n) is 10.9. The second kappa shape index (κ2) is 6.05. The van der Waals surface area contributed by atoms with E-state index in [1.54, 1.807) is 14.0 Å². The molecule has 0 heterocycles. The van der Waals surface area contributed by atoms with Gasteiger partial charge in [0.25, 0.3) is 0 Å². The summed E-state index contributed by atoms with van der Waals surface area (Å²) in [5, 5.41) is 11.4. The third kappa shape index (κ3) is 3.00. The molecule has 5 nitrogen and oxygen atoms in total. The summed E-state index contributed by atoms with van der Waals surface area (Å²) in [4.78, 5) is 13.6. The van der Waals surface area contributed by atoms with Gasteiger partial charge in [0.2, 0.25) is 5.91 Å². The fraction of sp³-hybridized carbons (Fsp3) is 0.385. The molecule has 0 spiro atoms. The molecule has 5 heteroatoms. The molecule has 1 atom stereocenters. The van der Waals surface area contributed by atoms with Gasteiger partial charge in [-0.25, -0.2) is 0 Å². The Balaban J connectivity index is 2.85. The summed E-state index contributed by atoms with van der Waals surface area (Å²) in [6.45, 7) is 3.68. The van der Waals surface area contributed by atoms with Crippen molar-refractivity contribution in [1.82, 2.24) is 0 Å². The number of benzene rings is 1. The molecule has 1 amide bonds. The fourth-order valence-corrected chi connectivity index (χ4v) is 1.59. The number of rotatable bonds is 4. The SMILES string of the molecule is CCc1ccc(N(C)C(=O)C(C)C(N)=NO)cc1. The van der Waals surface area contributed by atoms with Crippen molar-refractivity contribution >= 4 is 17.4 Å². The Hall–Kier alpha value is -2.04. The Labute approximate surface area is 107 Å². The van der Waals surface area contributed by atoms with Crippen molar-refractivity contribution in [1.29, 1.82) is 0 Å². The van der Waals surface area contributed by atoms with Crippen LogP contribution in [0.3, 0.4) is 0 Å². The van der Waals surface area contributed by atoms with Crippen molar-refractivity contribution in [3.05, 3.63) is 29.8 Å². The number of oxime groups is 1. The van der Waals surface area contributed by atoms with E-state index in [9.17, 15) is 4.79 Å². The third-order valence-corrected chi connectivity index (χ3v) is 2.99. The highest BCUT2D eigenvalue weighted by molar-refractivity contribution is 6.08. The average molecular weight is 249 g/mol. The first kappa shape index (κ1) is 14.0. The second-order valence-electron chi connectivity index (χ2n) is 4.16. The van der Waals surface area contributed by atoms with Crippen LogP contribution in [0.5, 0.6) is 0 Å². The van der Waals surface area contributed by atoms with Crippen LogP contribution >= 0.6 is 0 Å². The maximum absolute atomic E-state index is 12.1. The number of aryl methyl sites for hydroxylation is 1. The van der Waals surface area contributed by atoms with E-state index in [1.807, 2.05) is 24.3 Å². The molecule has 0 radical (unpaired) electrons. The van der Waals surface area contributed by atoms with Gasteiger partial charge in [-0.2, -0.15) is 0 Å². The molecule has 1 aromatic rings. The van der Waals surface area contributed by atoms with Crippen LogP contribution in [0.4, 0.5) is 5.69 Å². The summed E-state index contributed by atoms with van der Waals surface area (Å²) < 4.78 is 0. The number of anilines is 1. The van der Waals surface area contributed by atoms with Crippen molar-refractivity contribution in [2.24, 2.45) is 16.8 Å². The standard InChI is InChI=1S/C13H19N3O2/c1-4-10-5-7-11(8-6-10)16(3)13(17)9(2)12(14)15-18/h5-9,18H,4H2,1-3H3,(H2,14,15). The van der Waals surface area contributed by atoms with Crippen molar-refractivity contribution in [3.63, 3.8) is 0 Å². The van der Waals surface area contributed by atoms with Gasteiger partial charge < -0.3 is 15.8 Å². The molecular weight excluding hydrogens is 230 g/mol. The van der Waals surface area contributed by atoms with Gasteiger partial charge in [-0.3, -0.25) is 4.79 Å². The van der Waals surface area contributed by atoms with Crippen molar-refractivity contribution in [3.8, 4) is 0 Å². The highest BCUT2D eigenvalue weighted by Crippen LogP contribution is 2.16. The minimum Gasteiger partial charge on any atom is -0.409 e. The van der Waals surface area contributed by atoms with Crippen molar-refractivity contribution in [2.75, 3.05) is 11.9 Å². The molecule has 0 saturated heterocycles. The van der Waals surface area contributed by atoms with Crippen LogP contribution in [-0.4, -0.2) is 24.0 Å². The van der Waals surface area contributed by atoms with Gasteiger partial charge >= 0.3 is 0 Å². The Morgan fingerprint density at radius 2 is 2.00 bits per heavy atom. The number of amidine groups is 1. The maximum atomic E-state index is 12.1. The molecule has 1 unspecified atom stereocenters. The number of nitrogens with two attached hydrogens (primary N) is 1. The van der Waals surface area contributed by atoms with Crippen molar-refractivity contribution in [2.45, 2.75) is 20.3 Å². The van der Waals surface area contributed by atoms with Crippen LogP contribution in [0.2, 0.25) is 0 Å². The molecule has 18 heavy (non-hydrogen) atoms. The summed E-state index contributed by atoms with van der Waals surface area (Å²) in [6.07, 6.45) is 0.957. The molecule has 1 rings (SSSR count). The Bertz CT molecular complexity index is 440. The monoisotopic (exact) mass is 249 g/mol. The lowest BCUT2D eigenvalue weighted by atomic mass is 10.1. The van der Waals surface area contributed by atoms with Crippen LogP contribution in [0.1, 0.15) is 19.4 Å². The number of amides is 1. The van der Waals surface area contributed by atoms with E-state index < -0.39 is 5.92 Å². The van der Waals surface area contributed by atoms with Crippen molar-refractivity contribution < 1.29 is 10.0 Å². The molecule has 0 fully saturated rings. The predicted molar refractivity (Wildman–Crippen MR) is 71.8 cm³/mol. The molecular formula is C13H19N3O2. The number of nitrogens with zero attached hydrogens (tertiary/aromatic N) is 2. The molecule has 3 N–H and O–H groups in total. The quantitative estimate of drug-likeness (QED) is 0.368. The van der Waals surface area contributed by atoms with Gasteiger partial charge in [0.05, 0.1) is 5.92 Å². The summed E-state index contributed by atoms with van der Waals surface area (Å²) in [5.41, 5.74) is 7.43. The smallest absolute Gasteiger partial charge is 0.237 e. The van der Waals surface area contributed by atoms with E-state index in [4.69, 9.17) is 10.9 Å². The van der Waals surface area contributed by atoms with Crippen LogP contribution in [0.15, 0.2) is 29.4 Å². The lowest BCUT2D eigenvalue weighted by Crippen LogP contribution is -2.38. The van der Waals surface area contributed by atoms with Gasteiger partial charge in [0.1, 0.15) is 0 Å². The molecule has 98 valence electrons. The topological polar surface area (TPSA) is 78.9 Å². The molecule has 0 saturated carbocycles. The minimum atomic E-state index is -0.647. The normalized spacial score (nSPS) is 13.2. The van der Waals surface area contributed by atoms with Gasteiger partial charge in [0.15, 0.2) is 5.84 Å². The lowest BCUT2D eigenvalue weighted by Gasteiger charge is -2.21. The van der Waals surface area contributed by atoms with E-state index >= 15 is 0 Å². The fourth-order valence-electron chi connectivity index (χ4n) is 1.59. The average Bonchev–Trinajstić information content (AvgIpc) is 2.44. The van der Waals surface area contributed by atoms with Crippen LogP contribution < -0.4 is 10.6 Å². The number of hydrogen-bond acceptors (Lipinski definition) is 3. The van der Waals surface area contributed by atoms with E-state index in [2.05, 4.69) is 12.1 Å². The number of carbonyl (C=O) groups is 1. The Morgan fingerprint density at radius 1 is 1.44 bits per heavy atom. The minimum absolute atomic E-state index is 0.0861. The highest BCUT2D eigenvalue weighted by atomic mass is 16.4. The zero-order chi connectivity index (χ0) is 13.7. The van der Waals surface area contributed by atoms with Crippen LogP contribution in [0.25, 0.3) is 0 Å². The lowest BCUT2D eigenvalue weighted by molar-refractivity contribution is -0.119. The van der Waals surface area contributed by atoms with Gasteiger partial charge in [-0.15, -0.1) is 0 Å². The van der Waals surface area contributed by atoms with Gasteiger partial charge in [0, 0.05) is 12.7 Å². The molecule has 1 aromatic carbocycles. The summed E-state index contributed by atoms with van der Waals surface area (Å²) >= 11 is 0. The maximum Gasteiger partial charge on any atom is 0.237 e. The first-order chi connectivity index (χ1) is 8.51. The first-order valence-corrected chi connectivity index (χ1v) is 5.85. The number of hydrogen-bond donors (Lipinski definition) is 2. The van der Waals surface area contributed by atoms with E-state index in [0.717, 1.165) is 12.1 Å². The molecule has 0 bridgehead atoms. The Morgan fingerprint density at radius 3 is 2.44 bits per heavy atom. The zero-order valence-corrected chi connectivity index (χ0v) is 10.9.